The van der Waals surface area contributed by atoms with Gasteiger partial charge in [-0.1, -0.05) is 285 Å². The van der Waals surface area contributed by atoms with E-state index >= 15 is 0 Å². The maximum atomic E-state index is 12.8. The minimum absolute atomic E-state index is 0.0790. The predicted molar refractivity (Wildman–Crippen MR) is 316 cm³/mol. The Kier molecular flexibility index (Phi) is 57.8. The summed E-state index contributed by atoms with van der Waals surface area (Å²) in [6.45, 7) is 6.49. The predicted octanol–water partition coefficient (Wildman–Crippen LogP) is 20.9. The fourth-order valence-electron chi connectivity index (χ4n) is 8.52. The number of carbonyl (C=O) groups excluding carboxylic acids is 3. The highest BCUT2D eigenvalue weighted by Crippen LogP contribution is 2.16. The molecule has 1 unspecified atom stereocenters. The second-order valence-electron chi connectivity index (χ2n) is 20.2. The van der Waals surface area contributed by atoms with Gasteiger partial charge in [0.1, 0.15) is 13.2 Å². The average molecular weight is 1020 g/mol. The van der Waals surface area contributed by atoms with Gasteiger partial charge in [0.2, 0.25) is 0 Å². The zero-order chi connectivity index (χ0) is 52.9. The first-order valence-electron chi connectivity index (χ1n) is 30.7. The third-order valence-electron chi connectivity index (χ3n) is 13.1. The quantitative estimate of drug-likeness (QED) is 0.0261. The van der Waals surface area contributed by atoms with E-state index in [1.54, 1.807) is 0 Å². The molecule has 0 aromatic rings. The van der Waals surface area contributed by atoms with Crippen molar-refractivity contribution in [2.45, 2.75) is 297 Å². The third kappa shape index (κ3) is 59.1. The maximum Gasteiger partial charge on any atom is 0.306 e. The van der Waals surface area contributed by atoms with Crippen molar-refractivity contribution in [1.29, 1.82) is 0 Å². The minimum atomic E-state index is -0.779. The summed E-state index contributed by atoms with van der Waals surface area (Å²) in [6.07, 6.45) is 81.4. The summed E-state index contributed by atoms with van der Waals surface area (Å²) in [5.74, 6) is -0.893. The summed E-state index contributed by atoms with van der Waals surface area (Å²) in [5, 5.41) is 0. The Bertz CT molecular complexity index is 1440. The molecule has 0 saturated heterocycles. The van der Waals surface area contributed by atoms with Crippen LogP contribution in [0.25, 0.3) is 0 Å². The van der Waals surface area contributed by atoms with Crippen LogP contribution in [-0.4, -0.2) is 37.2 Å². The first-order chi connectivity index (χ1) is 36.0. The number of rotatable bonds is 55. The maximum absolute atomic E-state index is 12.8. The van der Waals surface area contributed by atoms with E-state index in [1.165, 1.54) is 128 Å². The monoisotopic (exact) mass is 1010 g/mol. The van der Waals surface area contributed by atoms with Crippen LogP contribution in [0.3, 0.4) is 0 Å². The van der Waals surface area contributed by atoms with Crippen molar-refractivity contribution in [1.82, 2.24) is 0 Å². The SMILES string of the molecule is CC/C=C\C/C=C\C/C=C\C/C=C\C/C=C\C/C=C\C/C=C\C/C=C\CCCCCCCCC(=O)OCC(COC(=O)CCCCCCCCC)OC(=O)CCCCCCCCCCCCCCCCCCC. The Labute approximate surface area is 451 Å². The van der Waals surface area contributed by atoms with Crippen LogP contribution >= 0.6 is 0 Å². The van der Waals surface area contributed by atoms with E-state index in [4.69, 9.17) is 14.2 Å². The van der Waals surface area contributed by atoms with Crippen LogP contribution in [0.15, 0.2) is 97.2 Å². The van der Waals surface area contributed by atoms with Crippen molar-refractivity contribution in [3.63, 3.8) is 0 Å². The summed E-state index contributed by atoms with van der Waals surface area (Å²) in [7, 11) is 0. The molecule has 0 N–H and O–H groups in total. The Morgan fingerprint density at radius 2 is 0.534 bits per heavy atom. The van der Waals surface area contributed by atoms with Gasteiger partial charge < -0.3 is 14.2 Å². The number of hydrogen-bond acceptors (Lipinski definition) is 6. The largest absolute Gasteiger partial charge is 0.462 e. The van der Waals surface area contributed by atoms with Gasteiger partial charge in [0.05, 0.1) is 0 Å². The molecule has 0 aromatic carbocycles. The van der Waals surface area contributed by atoms with Gasteiger partial charge in [0, 0.05) is 19.3 Å². The smallest absolute Gasteiger partial charge is 0.306 e. The third-order valence-corrected chi connectivity index (χ3v) is 13.1. The van der Waals surface area contributed by atoms with Gasteiger partial charge >= 0.3 is 17.9 Å². The van der Waals surface area contributed by atoms with Crippen LogP contribution in [0.4, 0.5) is 0 Å². The van der Waals surface area contributed by atoms with Crippen LogP contribution in [0.1, 0.15) is 290 Å². The van der Waals surface area contributed by atoms with Crippen LogP contribution in [0.5, 0.6) is 0 Å². The van der Waals surface area contributed by atoms with E-state index < -0.39 is 6.10 Å². The number of carbonyl (C=O) groups is 3. The molecular formula is C67H114O6. The Balaban J connectivity index is 4.17. The van der Waals surface area contributed by atoms with Gasteiger partial charge in [-0.2, -0.15) is 0 Å². The molecule has 0 aliphatic carbocycles. The van der Waals surface area contributed by atoms with E-state index in [9.17, 15) is 14.4 Å². The highest BCUT2D eigenvalue weighted by Gasteiger charge is 2.19. The molecule has 0 fully saturated rings. The first kappa shape index (κ1) is 69.3. The average Bonchev–Trinajstić information content (AvgIpc) is 3.39. The summed E-state index contributed by atoms with van der Waals surface area (Å²) >= 11 is 0. The molecule has 0 aliphatic heterocycles. The summed E-state index contributed by atoms with van der Waals surface area (Å²) in [5.41, 5.74) is 0. The van der Waals surface area contributed by atoms with Crippen LogP contribution in [-0.2, 0) is 28.6 Å². The van der Waals surface area contributed by atoms with Gasteiger partial charge in [0.15, 0.2) is 6.10 Å². The summed E-state index contributed by atoms with van der Waals surface area (Å²) in [6, 6.07) is 0. The lowest BCUT2D eigenvalue weighted by Crippen LogP contribution is -2.30. The van der Waals surface area contributed by atoms with Gasteiger partial charge in [-0.05, 0) is 83.5 Å². The lowest BCUT2D eigenvalue weighted by Gasteiger charge is -2.18. The van der Waals surface area contributed by atoms with E-state index in [0.29, 0.717) is 19.3 Å². The fourth-order valence-corrected chi connectivity index (χ4v) is 8.52. The molecule has 418 valence electrons. The van der Waals surface area contributed by atoms with Crippen LogP contribution in [0, 0.1) is 0 Å². The molecule has 0 aliphatic rings. The summed E-state index contributed by atoms with van der Waals surface area (Å²) < 4.78 is 16.8. The zero-order valence-corrected chi connectivity index (χ0v) is 47.9. The van der Waals surface area contributed by atoms with Crippen molar-refractivity contribution in [3.8, 4) is 0 Å². The van der Waals surface area contributed by atoms with Gasteiger partial charge in [0.25, 0.3) is 0 Å². The minimum Gasteiger partial charge on any atom is -0.462 e. The lowest BCUT2D eigenvalue weighted by atomic mass is 10.0. The van der Waals surface area contributed by atoms with Crippen molar-refractivity contribution in [3.05, 3.63) is 97.2 Å². The Morgan fingerprint density at radius 3 is 0.836 bits per heavy atom. The van der Waals surface area contributed by atoms with Gasteiger partial charge in [-0.25, -0.2) is 0 Å². The first-order valence-corrected chi connectivity index (χ1v) is 30.7. The van der Waals surface area contributed by atoms with E-state index in [-0.39, 0.29) is 31.1 Å². The molecule has 0 spiro atoms. The number of esters is 3. The Morgan fingerprint density at radius 1 is 0.288 bits per heavy atom. The molecule has 73 heavy (non-hydrogen) atoms. The molecule has 0 amide bonds. The molecule has 6 nitrogen and oxygen atoms in total. The van der Waals surface area contributed by atoms with Crippen molar-refractivity contribution in [2.24, 2.45) is 0 Å². The molecule has 0 heterocycles. The number of allylic oxidation sites excluding steroid dienone is 16. The molecule has 6 heteroatoms. The molecule has 0 aromatic heterocycles. The second-order valence-corrected chi connectivity index (χ2v) is 20.2. The second kappa shape index (κ2) is 60.9. The van der Waals surface area contributed by atoms with E-state index in [0.717, 1.165) is 122 Å². The number of ether oxygens (including phenoxy) is 3. The molecular weight excluding hydrogens is 901 g/mol. The zero-order valence-electron chi connectivity index (χ0n) is 47.9. The highest BCUT2D eigenvalue weighted by atomic mass is 16.6. The van der Waals surface area contributed by atoms with Crippen molar-refractivity contribution in [2.75, 3.05) is 13.2 Å². The van der Waals surface area contributed by atoms with Crippen molar-refractivity contribution < 1.29 is 28.6 Å². The lowest BCUT2D eigenvalue weighted by molar-refractivity contribution is -0.167. The summed E-state index contributed by atoms with van der Waals surface area (Å²) in [4.78, 5) is 38.0. The van der Waals surface area contributed by atoms with E-state index in [1.807, 2.05) is 0 Å². The molecule has 0 bridgehead atoms. The molecule has 0 rings (SSSR count). The Hall–Kier alpha value is -3.67. The standard InChI is InChI=1S/C67H114O6/c1-4-7-10-13-16-18-20-22-24-26-27-28-29-30-31-32-33-34-35-36-37-38-39-41-42-44-46-48-51-54-57-60-66(69)72-63-64(62-71-65(68)59-56-53-50-15-12-9-6-3)73-67(70)61-58-55-52-49-47-45-43-40-25-23-21-19-17-14-11-8-5-2/h7,10,16,18,22,24,27-28,30-31,33-34,36-37,39,41,64H,4-6,8-9,11-15,17,19-21,23,25-26,29,32,35,38,40,42-63H2,1-3H3/b10-7-,18-16-,24-22-,28-27-,31-30-,34-33-,37-36-,41-39-. The molecule has 0 saturated carbocycles. The van der Waals surface area contributed by atoms with Crippen molar-refractivity contribution >= 4 is 17.9 Å². The molecule has 1 atom stereocenters. The topological polar surface area (TPSA) is 78.9 Å². The highest BCUT2D eigenvalue weighted by molar-refractivity contribution is 5.71. The molecule has 0 radical (unpaired) electrons. The van der Waals surface area contributed by atoms with Gasteiger partial charge in [-0.15, -0.1) is 0 Å². The van der Waals surface area contributed by atoms with E-state index in [2.05, 4.69) is 118 Å². The van der Waals surface area contributed by atoms with Crippen LogP contribution in [0.2, 0.25) is 0 Å². The normalized spacial score (nSPS) is 12.8. The fraction of sp³-hybridized carbons (Fsp3) is 0.716. The van der Waals surface area contributed by atoms with Crippen LogP contribution < -0.4 is 0 Å². The number of hydrogen-bond donors (Lipinski definition) is 0. The van der Waals surface area contributed by atoms with Gasteiger partial charge in [-0.3, -0.25) is 14.4 Å². The number of unbranched alkanes of at least 4 members (excludes halogenated alkanes) is 28.